The number of aryl methyl sites for hydroxylation is 1. The summed E-state index contributed by atoms with van der Waals surface area (Å²) in [5, 5.41) is 4.62. The molecule has 3 heteroatoms. The molecule has 0 fully saturated rings. The van der Waals surface area contributed by atoms with Gasteiger partial charge in [0.15, 0.2) is 0 Å². The van der Waals surface area contributed by atoms with Gasteiger partial charge in [-0.15, -0.1) is 0 Å². The van der Waals surface area contributed by atoms with Crippen molar-refractivity contribution in [3.05, 3.63) is 30.0 Å². The minimum Gasteiger partial charge on any atom is -0.494 e. The van der Waals surface area contributed by atoms with E-state index in [-0.39, 0.29) is 0 Å². The predicted octanol–water partition coefficient (Wildman–Crippen LogP) is 4.01. The quantitative estimate of drug-likeness (QED) is 0.880. The van der Waals surface area contributed by atoms with Crippen molar-refractivity contribution < 1.29 is 4.74 Å². The fraction of sp³-hybridized carbons (Fsp3) is 0.438. The van der Waals surface area contributed by atoms with E-state index in [4.69, 9.17) is 4.74 Å². The lowest BCUT2D eigenvalue weighted by Crippen LogP contribution is -2.08. The van der Waals surface area contributed by atoms with Crippen LogP contribution in [0.1, 0.15) is 26.5 Å². The molecular weight excluding hydrogens is 236 g/mol. The fourth-order valence-corrected chi connectivity index (χ4v) is 2.05. The number of hydrogen-bond donors (Lipinski definition) is 1. The van der Waals surface area contributed by atoms with Crippen LogP contribution in [0.25, 0.3) is 10.9 Å². The van der Waals surface area contributed by atoms with E-state index in [9.17, 15) is 0 Å². The first kappa shape index (κ1) is 13.7. The molecule has 1 heterocycles. The molecule has 2 aromatic rings. The molecule has 19 heavy (non-hydrogen) atoms. The Morgan fingerprint density at radius 2 is 2.05 bits per heavy atom. The number of fused-ring (bicyclic) bond motifs is 1. The second kappa shape index (κ2) is 5.91. The third-order valence-electron chi connectivity index (χ3n) is 2.92. The molecule has 0 bridgehead atoms. The number of benzene rings is 1. The van der Waals surface area contributed by atoms with E-state index in [1.165, 1.54) is 0 Å². The smallest absolute Gasteiger partial charge is 0.120 e. The molecule has 0 amide bonds. The molecule has 0 radical (unpaired) electrons. The molecule has 102 valence electrons. The second-order valence-corrected chi connectivity index (χ2v) is 5.20. The van der Waals surface area contributed by atoms with E-state index in [1.807, 2.05) is 26.0 Å². The number of rotatable bonds is 5. The highest BCUT2D eigenvalue weighted by atomic mass is 16.5. The Morgan fingerprint density at radius 3 is 2.74 bits per heavy atom. The van der Waals surface area contributed by atoms with E-state index >= 15 is 0 Å². The lowest BCUT2D eigenvalue weighted by molar-refractivity contribution is 0.340. The summed E-state index contributed by atoms with van der Waals surface area (Å²) in [5.41, 5.74) is 3.18. The first-order chi connectivity index (χ1) is 9.10. The Morgan fingerprint density at radius 1 is 1.26 bits per heavy atom. The summed E-state index contributed by atoms with van der Waals surface area (Å²) < 4.78 is 5.57. The molecule has 0 spiro atoms. The van der Waals surface area contributed by atoms with Crippen molar-refractivity contribution in [3.8, 4) is 5.75 Å². The van der Waals surface area contributed by atoms with Gasteiger partial charge in [0.1, 0.15) is 5.75 Å². The van der Waals surface area contributed by atoms with Gasteiger partial charge in [0.2, 0.25) is 0 Å². The first-order valence-electron chi connectivity index (χ1n) is 6.88. The average Bonchev–Trinajstić information content (AvgIpc) is 2.36. The summed E-state index contributed by atoms with van der Waals surface area (Å²) in [7, 11) is 0. The zero-order valence-electron chi connectivity index (χ0n) is 12.2. The van der Waals surface area contributed by atoms with Gasteiger partial charge in [-0.3, -0.25) is 4.98 Å². The molecule has 0 saturated heterocycles. The lowest BCUT2D eigenvalue weighted by atomic mass is 10.1. The maximum Gasteiger partial charge on any atom is 0.120 e. The molecule has 1 N–H and O–H groups in total. The monoisotopic (exact) mass is 258 g/mol. The molecular formula is C16H22N2O. The average molecular weight is 258 g/mol. The van der Waals surface area contributed by atoms with Crippen molar-refractivity contribution in [1.29, 1.82) is 0 Å². The summed E-state index contributed by atoms with van der Waals surface area (Å²) in [5.74, 6) is 1.51. The van der Waals surface area contributed by atoms with Gasteiger partial charge in [-0.25, -0.2) is 0 Å². The Balaban J connectivity index is 2.43. The molecule has 0 aliphatic heterocycles. The minimum atomic E-state index is 0.610. The van der Waals surface area contributed by atoms with Crippen LogP contribution in [-0.4, -0.2) is 18.1 Å². The van der Waals surface area contributed by atoms with Gasteiger partial charge in [-0.2, -0.15) is 0 Å². The van der Waals surface area contributed by atoms with Crippen molar-refractivity contribution in [2.24, 2.45) is 5.92 Å². The van der Waals surface area contributed by atoms with Gasteiger partial charge in [0.05, 0.1) is 12.1 Å². The van der Waals surface area contributed by atoms with E-state index < -0.39 is 0 Å². The largest absolute Gasteiger partial charge is 0.494 e. The fourth-order valence-electron chi connectivity index (χ4n) is 2.05. The summed E-state index contributed by atoms with van der Waals surface area (Å²) in [6.07, 6.45) is 0. The molecule has 0 aliphatic rings. The van der Waals surface area contributed by atoms with E-state index in [0.29, 0.717) is 12.5 Å². The Kier molecular flexibility index (Phi) is 4.25. The highest BCUT2D eigenvalue weighted by molar-refractivity contribution is 5.92. The topological polar surface area (TPSA) is 34.1 Å². The van der Waals surface area contributed by atoms with Crippen LogP contribution in [-0.2, 0) is 0 Å². The maximum atomic E-state index is 5.57. The van der Waals surface area contributed by atoms with Crippen molar-refractivity contribution in [2.45, 2.75) is 27.7 Å². The van der Waals surface area contributed by atoms with Crippen LogP contribution >= 0.6 is 0 Å². The van der Waals surface area contributed by atoms with Crippen molar-refractivity contribution in [1.82, 2.24) is 4.98 Å². The number of aromatic nitrogens is 1. The van der Waals surface area contributed by atoms with Crippen LogP contribution in [0.2, 0.25) is 0 Å². The maximum absolute atomic E-state index is 5.57. The van der Waals surface area contributed by atoms with Gasteiger partial charge in [0.25, 0.3) is 0 Å². The van der Waals surface area contributed by atoms with Crippen LogP contribution in [0.5, 0.6) is 5.75 Å². The normalized spacial score (nSPS) is 11.0. The van der Waals surface area contributed by atoms with E-state index in [0.717, 1.165) is 34.6 Å². The van der Waals surface area contributed by atoms with Crippen molar-refractivity contribution in [2.75, 3.05) is 18.5 Å². The zero-order chi connectivity index (χ0) is 13.8. The van der Waals surface area contributed by atoms with Crippen LogP contribution in [0.3, 0.4) is 0 Å². The van der Waals surface area contributed by atoms with Gasteiger partial charge in [-0.1, -0.05) is 13.8 Å². The molecule has 0 aliphatic carbocycles. The molecule has 3 nitrogen and oxygen atoms in total. The highest BCUT2D eigenvalue weighted by Crippen LogP contribution is 2.27. The first-order valence-corrected chi connectivity index (χ1v) is 6.88. The van der Waals surface area contributed by atoms with Crippen molar-refractivity contribution in [3.63, 3.8) is 0 Å². The zero-order valence-corrected chi connectivity index (χ0v) is 12.2. The summed E-state index contributed by atoms with van der Waals surface area (Å²) >= 11 is 0. The van der Waals surface area contributed by atoms with Gasteiger partial charge in [-0.05, 0) is 44.0 Å². The van der Waals surface area contributed by atoms with Crippen molar-refractivity contribution >= 4 is 16.6 Å². The van der Waals surface area contributed by atoms with Crippen LogP contribution < -0.4 is 10.1 Å². The molecule has 0 saturated carbocycles. The molecule has 1 aromatic carbocycles. The van der Waals surface area contributed by atoms with Crippen LogP contribution in [0.15, 0.2) is 24.3 Å². The molecule has 2 rings (SSSR count). The second-order valence-electron chi connectivity index (χ2n) is 5.20. The van der Waals surface area contributed by atoms with Crippen LogP contribution in [0, 0.1) is 12.8 Å². The Hall–Kier alpha value is -1.77. The minimum absolute atomic E-state index is 0.610. The molecule has 0 unspecified atom stereocenters. The van der Waals surface area contributed by atoms with E-state index in [1.54, 1.807) is 0 Å². The van der Waals surface area contributed by atoms with Gasteiger partial charge in [0, 0.05) is 23.3 Å². The van der Waals surface area contributed by atoms with Gasteiger partial charge >= 0.3 is 0 Å². The number of ether oxygens (including phenoxy) is 1. The summed E-state index contributed by atoms with van der Waals surface area (Å²) in [4.78, 5) is 4.57. The summed E-state index contributed by atoms with van der Waals surface area (Å²) in [6, 6.07) is 8.16. The Bertz CT molecular complexity index is 564. The third-order valence-corrected chi connectivity index (χ3v) is 2.92. The number of hydrogen-bond acceptors (Lipinski definition) is 3. The highest BCUT2D eigenvalue weighted by Gasteiger charge is 2.06. The number of pyridine rings is 1. The molecule has 0 atom stereocenters. The SMILES string of the molecule is CCOc1ccc2nc(C)cc(NCC(C)C)c2c1. The van der Waals surface area contributed by atoms with Gasteiger partial charge < -0.3 is 10.1 Å². The van der Waals surface area contributed by atoms with Crippen LogP contribution in [0.4, 0.5) is 5.69 Å². The summed E-state index contributed by atoms with van der Waals surface area (Å²) in [6.45, 7) is 10.1. The Labute approximate surface area is 115 Å². The number of nitrogens with zero attached hydrogens (tertiary/aromatic N) is 1. The number of anilines is 1. The van der Waals surface area contributed by atoms with E-state index in [2.05, 4.69) is 36.3 Å². The molecule has 1 aromatic heterocycles. The lowest BCUT2D eigenvalue weighted by Gasteiger charge is -2.13. The third kappa shape index (κ3) is 3.37. The number of nitrogens with one attached hydrogen (secondary N) is 1. The predicted molar refractivity (Wildman–Crippen MR) is 81.0 cm³/mol. The standard InChI is InChI=1S/C16H22N2O/c1-5-19-13-6-7-15-14(9-13)16(8-12(4)18-15)17-10-11(2)3/h6-9,11H,5,10H2,1-4H3,(H,17,18).